The van der Waals surface area contributed by atoms with E-state index in [0.717, 1.165) is 37.7 Å². The predicted octanol–water partition coefficient (Wildman–Crippen LogP) is 1.03. The van der Waals surface area contributed by atoms with Crippen molar-refractivity contribution in [2.75, 3.05) is 13.2 Å². The largest absolute Gasteiger partial charge is 0.481 e. The van der Waals surface area contributed by atoms with Crippen molar-refractivity contribution in [2.24, 2.45) is 5.92 Å². The first kappa shape index (κ1) is 10.8. The molecule has 0 radical (unpaired) electrons. The van der Waals surface area contributed by atoms with Crippen LogP contribution in [0.2, 0.25) is 0 Å². The molecule has 3 heterocycles. The van der Waals surface area contributed by atoms with Gasteiger partial charge in [-0.3, -0.25) is 4.79 Å². The van der Waals surface area contributed by atoms with Gasteiger partial charge in [-0.15, -0.1) is 0 Å². The Labute approximate surface area is 99.4 Å². The van der Waals surface area contributed by atoms with E-state index in [1.807, 2.05) is 0 Å². The van der Waals surface area contributed by atoms with Gasteiger partial charge in [-0.05, 0) is 12.8 Å². The minimum atomic E-state index is -0.704. The van der Waals surface area contributed by atoms with Crippen molar-refractivity contribution in [1.29, 1.82) is 0 Å². The molecular weight excluding hydrogens is 220 g/mol. The van der Waals surface area contributed by atoms with Crippen LogP contribution in [0.15, 0.2) is 6.20 Å². The lowest BCUT2D eigenvalue weighted by Gasteiger charge is -2.19. The Bertz CT molecular complexity index is 435. The molecule has 3 rings (SSSR count). The zero-order valence-corrected chi connectivity index (χ0v) is 9.63. The number of carboxylic acids is 1. The molecule has 2 aliphatic heterocycles. The average molecular weight is 236 g/mol. The second kappa shape index (κ2) is 4.14. The molecule has 2 aliphatic rings. The highest BCUT2D eigenvalue weighted by Crippen LogP contribution is 2.27. The summed E-state index contributed by atoms with van der Waals surface area (Å²) < 4.78 is 7.46. The van der Waals surface area contributed by atoms with E-state index < -0.39 is 5.97 Å². The van der Waals surface area contributed by atoms with Gasteiger partial charge >= 0.3 is 5.97 Å². The van der Waals surface area contributed by atoms with E-state index in [1.54, 1.807) is 0 Å². The minimum absolute atomic E-state index is 0.266. The molecule has 0 amide bonds. The van der Waals surface area contributed by atoms with E-state index in [-0.39, 0.29) is 5.92 Å². The maximum Gasteiger partial charge on any atom is 0.307 e. The smallest absolute Gasteiger partial charge is 0.307 e. The number of aromatic nitrogens is 2. The first-order valence-electron chi connectivity index (χ1n) is 6.10. The van der Waals surface area contributed by atoms with Gasteiger partial charge in [-0.2, -0.15) is 0 Å². The number of aliphatic carboxylic acids is 1. The summed E-state index contributed by atoms with van der Waals surface area (Å²) in [5.41, 5.74) is 1.07. The zero-order chi connectivity index (χ0) is 11.8. The van der Waals surface area contributed by atoms with Crippen molar-refractivity contribution < 1.29 is 14.6 Å². The molecular formula is C12H16N2O3. The van der Waals surface area contributed by atoms with Crippen LogP contribution in [0.5, 0.6) is 0 Å². The lowest BCUT2D eigenvalue weighted by Crippen LogP contribution is -2.25. The molecule has 92 valence electrons. The fraction of sp³-hybridized carbons (Fsp3) is 0.667. The Hall–Kier alpha value is -1.36. The van der Waals surface area contributed by atoms with Crippen molar-refractivity contribution in [3.63, 3.8) is 0 Å². The molecule has 1 aromatic heterocycles. The number of carboxylic acid groups (broad SMARTS) is 1. The van der Waals surface area contributed by atoms with Gasteiger partial charge in [-0.1, -0.05) is 0 Å². The molecule has 1 aromatic rings. The average Bonchev–Trinajstić information content (AvgIpc) is 2.96. The van der Waals surface area contributed by atoms with Gasteiger partial charge in [-0.25, -0.2) is 4.98 Å². The fourth-order valence-electron chi connectivity index (χ4n) is 2.63. The number of imidazole rings is 1. The highest BCUT2D eigenvalue weighted by Gasteiger charge is 2.28. The first-order chi connectivity index (χ1) is 8.24. The second-order valence-corrected chi connectivity index (χ2v) is 4.86. The van der Waals surface area contributed by atoms with Crippen LogP contribution in [-0.2, 0) is 22.5 Å². The molecule has 2 atom stereocenters. The van der Waals surface area contributed by atoms with Crippen LogP contribution >= 0.6 is 0 Å². The Morgan fingerprint density at radius 3 is 3.12 bits per heavy atom. The number of hydrogen-bond donors (Lipinski definition) is 1. The Morgan fingerprint density at radius 1 is 1.53 bits per heavy atom. The van der Waals surface area contributed by atoms with Crippen LogP contribution in [0.4, 0.5) is 0 Å². The van der Waals surface area contributed by atoms with Gasteiger partial charge in [0.25, 0.3) is 0 Å². The number of rotatable bonds is 2. The van der Waals surface area contributed by atoms with Crippen molar-refractivity contribution in [3.05, 3.63) is 17.7 Å². The zero-order valence-electron chi connectivity index (χ0n) is 9.63. The molecule has 0 aromatic carbocycles. The molecule has 0 bridgehead atoms. The minimum Gasteiger partial charge on any atom is -0.481 e. The molecule has 0 spiro atoms. The quantitative estimate of drug-likeness (QED) is 0.833. The van der Waals surface area contributed by atoms with Gasteiger partial charge in [0.1, 0.15) is 5.82 Å². The Balaban J connectivity index is 1.81. The van der Waals surface area contributed by atoms with E-state index in [1.165, 1.54) is 0 Å². The monoisotopic (exact) mass is 236 g/mol. The van der Waals surface area contributed by atoms with E-state index in [2.05, 4.69) is 15.7 Å². The van der Waals surface area contributed by atoms with E-state index >= 15 is 0 Å². The highest BCUT2D eigenvalue weighted by molar-refractivity contribution is 5.70. The van der Waals surface area contributed by atoms with E-state index in [9.17, 15) is 4.79 Å². The van der Waals surface area contributed by atoms with Gasteiger partial charge in [0.05, 0.1) is 18.2 Å². The third kappa shape index (κ3) is 1.95. The van der Waals surface area contributed by atoms with Gasteiger partial charge in [0, 0.05) is 31.7 Å². The number of ether oxygens (including phenoxy) is 1. The first-order valence-corrected chi connectivity index (χ1v) is 6.10. The SMILES string of the molecule is O=C(O)C1CCn2cc(C3CCOC3)nc2C1. The van der Waals surface area contributed by atoms with Crippen LogP contribution in [0.1, 0.15) is 30.3 Å². The molecule has 1 N–H and O–H groups in total. The second-order valence-electron chi connectivity index (χ2n) is 4.86. The molecule has 1 saturated heterocycles. The van der Waals surface area contributed by atoms with E-state index in [0.29, 0.717) is 18.8 Å². The summed E-state index contributed by atoms with van der Waals surface area (Å²) in [6.07, 6.45) is 4.37. The number of fused-ring (bicyclic) bond motifs is 1. The summed E-state index contributed by atoms with van der Waals surface area (Å²) in [5, 5.41) is 9.03. The number of aryl methyl sites for hydroxylation is 1. The molecule has 17 heavy (non-hydrogen) atoms. The van der Waals surface area contributed by atoms with Crippen LogP contribution < -0.4 is 0 Å². The molecule has 0 aliphatic carbocycles. The van der Waals surface area contributed by atoms with Crippen molar-refractivity contribution >= 4 is 5.97 Å². The van der Waals surface area contributed by atoms with Crippen molar-refractivity contribution in [2.45, 2.75) is 31.7 Å². The van der Waals surface area contributed by atoms with Gasteiger partial charge in [0.15, 0.2) is 0 Å². The third-order valence-corrected chi connectivity index (χ3v) is 3.72. The van der Waals surface area contributed by atoms with Crippen molar-refractivity contribution in [3.8, 4) is 0 Å². The topological polar surface area (TPSA) is 64.3 Å². The lowest BCUT2D eigenvalue weighted by atomic mass is 9.98. The van der Waals surface area contributed by atoms with Crippen molar-refractivity contribution in [1.82, 2.24) is 9.55 Å². The Kier molecular flexibility index (Phi) is 2.63. The number of hydrogen-bond acceptors (Lipinski definition) is 3. The standard InChI is InChI=1S/C12H16N2O3/c15-12(16)8-1-3-14-6-10(13-11(14)5-8)9-2-4-17-7-9/h6,8-9H,1-5,7H2,(H,15,16). The number of nitrogens with zero attached hydrogens (tertiary/aromatic N) is 2. The molecule has 0 saturated carbocycles. The Morgan fingerprint density at radius 2 is 2.41 bits per heavy atom. The summed E-state index contributed by atoms with van der Waals surface area (Å²) in [6, 6.07) is 0. The summed E-state index contributed by atoms with van der Waals surface area (Å²) in [7, 11) is 0. The van der Waals surface area contributed by atoms with Gasteiger partial charge < -0.3 is 14.4 Å². The summed E-state index contributed by atoms with van der Waals surface area (Å²) in [4.78, 5) is 15.6. The fourth-order valence-corrected chi connectivity index (χ4v) is 2.63. The van der Waals surface area contributed by atoms with Crippen LogP contribution in [0.25, 0.3) is 0 Å². The van der Waals surface area contributed by atoms with E-state index in [4.69, 9.17) is 9.84 Å². The van der Waals surface area contributed by atoms with Crippen LogP contribution in [0.3, 0.4) is 0 Å². The van der Waals surface area contributed by atoms with Crippen LogP contribution in [-0.4, -0.2) is 33.8 Å². The summed E-state index contributed by atoms with van der Waals surface area (Å²) >= 11 is 0. The normalized spacial score (nSPS) is 28.0. The van der Waals surface area contributed by atoms with Crippen LogP contribution in [0, 0.1) is 5.92 Å². The molecule has 5 heteroatoms. The molecule has 5 nitrogen and oxygen atoms in total. The molecule has 1 fully saturated rings. The highest BCUT2D eigenvalue weighted by atomic mass is 16.5. The van der Waals surface area contributed by atoms with Gasteiger partial charge in [0.2, 0.25) is 0 Å². The third-order valence-electron chi connectivity index (χ3n) is 3.72. The maximum atomic E-state index is 11.0. The summed E-state index contributed by atoms with van der Waals surface area (Å²) in [6.45, 7) is 2.33. The lowest BCUT2D eigenvalue weighted by molar-refractivity contribution is -0.142. The summed E-state index contributed by atoms with van der Waals surface area (Å²) in [5.74, 6) is 0.351. The predicted molar refractivity (Wildman–Crippen MR) is 59.9 cm³/mol. The maximum absolute atomic E-state index is 11.0. The number of carbonyl (C=O) groups is 1. The molecule has 2 unspecified atom stereocenters.